The second-order valence-electron chi connectivity index (χ2n) is 7.39. The molecular weight excluding hydrogens is 456 g/mol. The molecule has 9 heteroatoms. The second-order valence-corrected chi connectivity index (χ2v) is 9.19. The molecule has 0 N–H and O–H groups in total. The van der Waals surface area contributed by atoms with E-state index in [0.29, 0.717) is 5.75 Å². The van der Waals surface area contributed by atoms with E-state index in [9.17, 15) is 0 Å². The lowest BCUT2D eigenvalue weighted by molar-refractivity contribution is 0.395. The van der Waals surface area contributed by atoms with Gasteiger partial charge in [-0.25, -0.2) is 4.98 Å². The van der Waals surface area contributed by atoms with Crippen molar-refractivity contribution in [2.75, 3.05) is 21.3 Å². The van der Waals surface area contributed by atoms with Gasteiger partial charge in [-0.05, 0) is 42.8 Å². The van der Waals surface area contributed by atoms with Crippen LogP contribution in [0.15, 0.2) is 53.0 Å². The van der Waals surface area contributed by atoms with Crippen molar-refractivity contribution in [3.63, 3.8) is 0 Å². The Morgan fingerprint density at radius 2 is 1.73 bits per heavy atom. The van der Waals surface area contributed by atoms with Crippen LogP contribution in [0, 0.1) is 6.92 Å². The minimum atomic E-state index is 0.676. The first kappa shape index (κ1) is 21.5. The number of nitrogens with zero attached hydrogens (tertiary/aromatic N) is 4. The molecule has 5 aromatic rings. The van der Waals surface area contributed by atoms with Crippen LogP contribution in [0.1, 0.15) is 11.3 Å². The van der Waals surface area contributed by atoms with Gasteiger partial charge < -0.3 is 14.2 Å². The first-order valence-electron chi connectivity index (χ1n) is 10.2. The summed E-state index contributed by atoms with van der Waals surface area (Å²) in [5, 5.41) is 13.8. The van der Waals surface area contributed by atoms with E-state index < -0.39 is 0 Å². The zero-order valence-corrected chi connectivity index (χ0v) is 20.3. The third-order valence-corrected chi connectivity index (χ3v) is 7.30. The predicted octanol–water partition coefficient (Wildman–Crippen LogP) is 5.63. The molecule has 0 spiro atoms. The van der Waals surface area contributed by atoms with E-state index in [1.165, 1.54) is 0 Å². The summed E-state index contributed by atoms with van der Waals surface area (Å²) in [7, 11) is 4.97. The first-order chi connectivity index (χ1) is 16.1. The fraction of sp³-hybridized carbons (Fsp3) is 0.208. The summed E-state index contributed by atoms with van der Waals surface area (Å²) < 4.78 is 18.4. The van der Waals surface area contributed by atoms with Crippen molar-refractivity contribution in [1.82, 2.24) is 19.6 Å². The summed E-state index contributed by atoms with van der Waals surface area (Å²) in [6.45, 7) is 2.08. The lowest BCUT2D eigenvalue weighted by Crippen LogP contribution is -1.95. The van der Waals surface area contributed by atoms with Gasteiger partial charge in [-0.1, -0.05) is 11.8 Å². The van der Waals surface area contributed by atoms with Gasteiger partial charge in [0.15, 0.2) is 10.8 Å². The smallest absolute Gasteiger partial charge is 0.196 e. The van der Waals surface area contributed by atoms with E-state index >= 15 is 0 Å². The maximum Gasteiger partial charge on any atom is 0.196 e. The maximum absolute atomic E-state index is 5.54. The standard InChI is InChI=1S/C24H22N4O3S2/c1-14-9-22-26-27-24(28(22)20-10-16(29-2)5-7-18(14)20)33-13-15-12-32-23(25-15)19-8-6-17(30-3)11-21(19)31-4/h5-12H,13H2,1-4H3. The van der Waals surface area contributed by atoms with Gasteiger partial charge in [0, 0.05) is 28.7 Å². The topological polar surface area (TPSA) is 70.8 Å². The van der Waals surface area contributed by atoms with E-state index in [-0.39, 0.29) is 0 Å². The van der Waals surface area contributed by atoms with Gasteiger partial charge in [-0.2, -0.15) is 0 Å². The first-order valence-corrected chi connectivity index (χ1v) is 12.1. The normalized spacial score (nSPS) is 11.3. The summed E-state index contributed by atoms with van der Waals surface area (Å²) in [5.41, 5.74) is 4.92. The Balaban J connectivity index is 1.45. The Labute approximate surface area is 199 Å². The molecule has 0 radical (unpaired) electrons. The molecule has 0 amide bonds. The van der Waals surface area contributed by atoms with Gasteiger partial charge in [0.1, 0.15) is 22.3 Å². The van der Waals surface area contributed by atoms with Crippen LogP contribution in [0.4, 0.5) is 0 Å². The quantitative estimate of drug-likeness (QED) is 0.281. The Hall–Kier alpha value is -3.30. The molecule has 0 fully saturated rings. The highest BCUT2D eigenvalue weighted by molar-refractivity contribution is 7.98. The number of aromatic nitrogens is 4. The van der Waals surface area contributed by atoms with Crippen LogP contribution < -0.4 is 14.2 Å². The average molecular weight is 479 g/mol. The molecule has 3 aromatic heterocycles. The van der Waals surface area contributed by atoms with Crippen LogP contribution >= 0.6 is 23.1 Å². The highest BCUT2D eigenvalue weighted by atomic mass is 32.2. The van der Waals surface area contributed by atoms with Gasteiger partial charge in [0.2, 0.25) is 0 Å². The van der Waals surface area contributed by atoms with Crippen LogP contribution in [0.2, 0.25) is 0 Å². The fourth-order valence-electron chi connectivity index (χ4n) is 3.73. The average Bonchev–Trinajstić information content (AvgIpc) is 3.49. The van der Waals surface area contributed by atoms with E-state index in [2.05, 4.69) is 39.0 Å². The Morgan fingerprint density at radius 3 is 2.52 bits per heavy atom. The van der Waals surface area contributed by atoms with Crippen LogP contribution in [-0.4, -0.2) is 40.9 Å². The van der Waals surface area contributed by atoms with Gasteiger partial charge in [0.25, 0.3) is 0 Å². The van der Waals surface area contributed by atoms with E-state index in [4.69, 9.17) is 19.2 Å². The number of thioether (sulfide) groups is 1. The number of fused-ring (bicyclic) bond motifs is 3. The molecule has 0 atom stereocenters. The summed E-state index contributed by atoms with van der Waals surface area (Å²) in [6, 6.07) is 13.9. The summed E-state index contributed by atoms with van der Waals surface area (Å²) in [6.07, 6.45) is 0. The van der Waals surface area contributed by atoms with Gasteiger partial charge >= 0.3 is 0 Å². The summed E-state index contributed by atoms with van der Waals surface area (Å²) >= 11 is 3.20. The van der Waals surface area contributed by atoms with Crippen LogP contribution in [0.25, 0.3) is 27.1 Å². The summed E-state index contributed by atoms with van der Waals surface area (Å²) in [5.74, 6) is 2.97. The Bertz CT molecular complexity index is 1460. The van der Waals surface area contributed by atoms with Crippen molar-refractivity contribution in [1.29, 1.82) is 0 Å². The van der Waals surface area contributed by atoms with E-state index in [1.807, 2.05) is 30.3 Å². The monoisotopic (exact) mass is 478 g/mol. The highest BCUT2D eigenvalue weighted by Gasteiger charge is 2.15. The highest BCUT2D eigenvalue weighted by Crippen LogP contribution is 2.36. The van der Waals surface area contributed by atoms with Crippen molar-refractivity contribution in [3.8, 4) is 27.8 Å². The van der Waals surface area contributed by atoms with Crippen molar-refractivity contribution in [2.24, 2.45) is 0 Å². The molecule has 0 aliphatic heterocycles. The molecule has 33 heavy (non-hydrogen) atoms. The third-order valence-electron chi connectivity index (χ3n) is 5.41. The Morgan fingerprint density at radius 1 is 0.939 bits per heavy atom. The molecule has 0 aliphatic rings. The number of thiazole rings is 1. The van der Waals surface area contributed by atoms with Crippen molar-refractivity contribution >= 4 is 39.6 Å². The molecule has 2 aromatic carbocycles. The fourth-order valence-corrected chi connectivity index (χ4v) is 5.53. The largest absolute Gasteiger partial charge is 0.497 e. The number of benzene rings is 2. The number of hydrogen-bond donors (Lipinski definition) is 0. The molecule has 3 heterocycles. The third kappa shape index (κ3) is 3.98. The zero-order valence-electron chi connectivity index (χ0n) is 18.7. The van der Waals surface area contributed by atoms with Crippen LogP contribution in [-0.2, 0) is 5.75 Å². The number of methoxy groups -OCH3 is 3. The number of pyridine rings is 1. The predicted molar refractivity (Wildman–Crippen MR) is 132 cm³/mol. The number of rotatable bonds is 7. The van der Waals surface area contributed by atoms with E-state index in [0.717, 1.165) is 60.8 Å². The molecule has 168 valence electrons. The van der Waals surface area contributed by atoms with Gasteiger partial charge in [-0.15, -0.1) is 21.5 Å². The molecule has 0 saturated carbocycles. The van der Waals surface area contributed by atoms with E-state index in [1.54, 1.807) is 44.4 Å². The number of ether oxygens (including phenoxy) is 3. The van der Waals surface area contributed by atoms with Crippen molar-refractivity contribution in [3.05, 3.63) is 59.1 Å². The minimum absolute atomic E-state index is 0.676. The maximum atomic E-state index is 5.54. The molecule has 0 unspecified atom stereocenters. The van der Waals surface area contributed by atoms with Crippen molar-refractivity contribution < 1.29 is 14.2 Å². The Kier molecular flexibility index (Phi) is 5.82. The van der Waals surface area contributed by atoms with Crippen molar-refractivity contribution in [2.45, 2.75) is 17.8 Å². The number of aryl methyl sites for hydroxylation is 1. The SMILES string of the molecule is COc1ccc(-c2nc(CSc3nnc4cc(C)c5ccc(OC)cc5n34)cs2)c(OC)c1. The minimum Gasteiger partial charge on any atom is -0.497 e. The lowest BCUT2D eigenvalue weighted by atomic mass is 10.1. The molecule has 5 rings (SSSR count). The number of hydrogen-bond acceptors (Lipinski definition) is 8. The van der Waals surface area contributed by atoms with Gasteiger partial charge in [0.05, 0.1) is 38.1 Å². The van der Waals surface area contributed by atoms with Crippen LogP contribution in [0.3, 0.4) is 0 Å². The van der Waals surface area contributed by atoms with Gasteiger partial charge in [-0.3, -0.25) is 4.40 Å². The van der Waals surface area contributed by atoms with Crippen LogP contribution in [0.5, 0.6) is 17.2 Å². The molecule has 0 saturated heterocycles. The molecule has 0 aliphatic carbocycles. The summed E-state index contributed by atoms with van der Waals surface area (Å²) in [4.78, 5) is 4.83. The zero-order chi connectivity index (χ0) is 22.9. The molecule has 0 bridgehead atoms. The molecular formula is C24H22N4O3S2. The second kappa shape index (κ2) is 8.92. The molecule has 7 nitrogen and oxygen atoms in total. The lowest BCUT2D eigenvalue weighted by Gasteiger charge is -2.09.